The standard InChI is InChI=1S/C6H6.C2H6.Ar/c1-2-4-6-5-3-1;1-2;/h1-6H;1-2H3;. The van der Waals surface area contributed by atoms with Gasteiger partial charge in [-0.25, -0.2) is 0 Å². The minimum Gasteiger partial charge on any atom is -0.0683 e. The predicted molar refractivity (Wildman–Crippen MR) is 37.8 cm³/mol. The molecule has 0 aromatic heterocycles. The molecule has 1 aromatic carbocycles. The van der Waals surface area contributed by atoms with Crippen LogP contribution in [-0.2, 0) is 0 Å². The fourth-order valence-electron chi connectivity index (χ4n) is 0.385. The Hall–Kier alpha value is 0.480. The maximum Gasteiger partial charge on any atom is 0 e. The van der Waals surface area contributed by atoms with Gasteiger partial charge in [0.1, 0.15) is 0 Å². The van der Waals surface area contributed by atoms with E-state index < -0.39 is 0 Å². The Kier molecular flexibility index (Phi) is 15.3. The minimum absolute atomic E-state index is 0. The van der Waals surface area contributed by atoms with Gasteiger partial charge in [-0.3, -0.25) is 0 Å². The second kappa shape index (κ2) is 11.3. The monoisotopic (exact) mass is 148 g/mol. The predicted octanol–water partition coefficient (Wildman–Crippen LogP) is 2.71. The smallest absolute Gasteiger partial charge is 0 e. The van der Waals surface area contributed by atoms with Crippen LogP contribution in [0.4, 0.5) is 0 Å². The van der Waals surface area contributed by atoms with Crippen LogP contribution in [0.3, 0.4) is 0 Å². The summed E-state index contributed by atoms with van der Waals surface area (Å²) in [7, 11) is 0. The van der Waals surface area contributed by atoms with Crippen molar-refractivity contribution >= 4 is 0 Å². The van der Waals surface area contributed by atoms with Gasteiger partial charge in [0.05, 0.1) is 0 Å². The molecule has 0 aliphatic rings. The molecule has 0 fully saturated rings. The summed E-state index contributed by atoms with van der Waals surface area (Å²) < 4.78 is 0. The molecule has 0 nitrogen and oxygen atoms in total. The van der Waals surface area contributed by atoms with Crippen molar-refractivity contribution < 1.29 is 37.7 Å². The molecule has 0 atom stereocenters. The van der Waals surface area contributed by atoms with E-state index >= 15 is 0 Å². The van der Waals surface area contributed by atoms with E-state index in [1.807, 2.05) is 50.2 Å². The van der Waals surface area contributed by atoms with Crippen LogP contribution in [0.2, 0.25) is 0 Å². The zero-order valence-electron chi connectivity index (χ0n) is 5.82. The van der Waals surface area contributed by atoms with Crippen molar-refractivity contribution in [3.63, 3.8) is 0 Å². The first kappa shape index (κ1) is 12.2. The van der Waals surface area contributed by atoms with Gasteiger partial charge in [0, 0.05) is 37.7 Å². The molecule has 0 spiro atoms. The van der Waals surface area contributed by atoms with E-state index in [1.165, 1.54) is 0 Å². The van der Waals surface area contributed by atoms with E-state index in [-0.39, 0.29) is 37.7 Å². The largest absolute Gasteiger partial charge is 0.0683 e. The number of benzene rings is 1. The van der Waals surface area contributed by atoms with Crippen molar-refractivity contribution in [2.75, 3.05) is 0 Å². The molecule has 0 heterocycles. The molecule has 0 radical (unpaired) electrons. The van der Waals surface area contributed by atoms with Crippen LogP contribution >= 0.6 is 0 Å². The van der Waals surface area contributed by atoms with Crippen LogP contribution in [0.25, 0.3) is 0 Å². The molecule has 1 rings (SSSR count). The van der Waals surface area contributed by atoms with Gasteiger partial charge in [0.25, 0.3) is 0 Å². The number of rotatable bonds is 0. The molecule has 9 heavy (non-hydrogen) atoms. The van der Waals surface area contributed by atoms with Gasteiger partial charge in [-0.1, -0.05) is 50.2 Å². The van der Waals surface area contributed by atoms with Crippen LogP contribution in [0.1, 0.15) is 13.8 Å². The quantitative estimate of drug-likeness (QED) is 0.530. The Morgan fingerprint density at radius 2 is 0.667 bits per heavy atom. The fraction of sp³-hybridized carbons (Fsp3) is 0.250. The van der Waals surface area contributed by atoms with Gasteiger partial charge < -0.3 is 0 Å². The molecule has 0 unspecified atom stereocenters. The first-order valence-electron chi connectivity index (χ1n) is 3.00. The summed E-state index contributed by atoms with van der Waals surface area (Å²) in [5.41, 5.74) is 0. The van der Waals surface area contributed by atoms with Crippen LogP contribution in [0.5, 0.6) is 0 Å². The normalized spacial score (nSPS) is 6.00. The van der Waals surface area contributed by atoms with E-state index in [0.29, 0.717) is 0 Å². The molecule has 0 aliphatic carbocycles. The average Bonchev–Trinajstić information content (AvgIpc) is 1.96. The molecule has 1 heteroatoms. The summed E-state index contributed by atoms with van der Waals surface area (Å²) >= 11 is 0. The second-order valence-corrected chi connectivity index (χ2v) is 1.15. The first-order chi connectivity index (χ1) is 4.00. The maximum absolute atomic E-state index is 2.00. The van der Waals surface area contributed by atoms with E-state index in [0.717, 1.165) is 0 Å². The number of hydrogen-bond acceptors (Lipinski definition) is 0. The summed E-state index contributed by atoms with van der Waals surface area (Å²) in [6.07, 6.45) is 0. The molecule has 52 valence electrons. The van der Waals surface area contributed by atoms with Crippen LogP contribution in [-0.4, -0.2) is 0 Å². The first-order valence-corrected chi connectivity index (χ1v) is 3.00. The zero-order valence-corrected chi connectivity index (χ0v) is 6.52. The van der Waals surface area contributed by atoms with Crippen molar-refractivity contribution in [1.29, 1.82) is 0 Å². The Balaban J connectivity index is 0. The van der Waals surface area contributed by atoms with Gasteiger partial charge in [-0.2, -0.15) is 0 Å². The average molecular weight is 148 g/mol. The molecule has 0 N–H and O–H groups in total. The fourth-order valence-corrected chi connectivity index (χ4v) is 0.385. The van der Waals surface area contributed by atoms with E-state index in [1.54, 1.807) is 0 Å². The van der Waals surface area contributed by atoms with Crippen molar-refractivity contribution in [1.82, 2.24) is 0 Å². The van der Waals surface area contributed by atoms with E-state index in [4.69, 9.17) is 0 Å². The van der Waals surface area contributed by atoms with Crippen molar-refractivity contribution in [2.45, 2.75) is 13.8 Å². The Morgan fingerprint density at radius 3 is 0.778 bits per heavy atom. The SMILES string of the molecule is CC.[Ar].c1ccccc1. The third-order valence-electron chi connectivity index (χ3n) is 0.667. The van der Waals surface area contributed by atoms with Crippen LogP contribution in [0.15, 0.2) is 36.4 Å². The van der Waals surface area contributed by atoms with Gasteiger partial charge in [0.15, 0.2) is 0 Å². The molecule has 0 amide bonds. The summed E-state index contributed by atoms with van der Waals surface area (Å²) in [4.78, 5) is 0. The Morgan fingerprint density at radius 1 is 0.556 bits per heavy atom. The third kappa shape index (κ3) is 8.48. The third-order valence-corrected chi connectivity index (χ3v) is 0.667. The van der Waals surface area contributed by atoms with Gasteiger partial charge in [-0.05, 0) is 0 Å². The van der Waals surface area contributed by atoms with Gasteiger partial charge in [0.2, 0.25) is 0 Å². The van der Waals surface area contributed by atoms with Crippen molar-refractivity contribution in [3.05, 3.63) is 36.4 Å². The molecular weight excluding hydrogens is 136 g/mol. The van der Waals surface area contributed by atoms with Gasteiger partial charge >= 0.3 is 0 Å². The second-order valence-electron chi connectivity index (χ2n) is 1.15. The van der Waals surface area contributed by atoms with Gasteiger partial charge in [-0.15, -0.1) is 0 Å². The minimum atomic E-state index is 0. The summed E-state index contributed by atoms with van der Waals surface area (Å²) in [6.45, 7) is 4.00. The van der Waals surface area contributed by atoms with E-state index in [9.17, 15) is 0 Å². The van der Waals surface area contributed by atoms with Crippen molar-refractivity contribution in [2.24, 2.45) is 0 Å². The Bertz CT molecular complexity index is 76.5. The van der Waals surface area contributed by atoms with E-state index in [2.05, 4.69) is 0 Å². The topological polar surface area (TPSA) is 0 Å². The molecule has 1 aromatic rings. The molecular formula is C8H12Ar. The molecule has 0 saturated carbocycles. The summed E-state index contributed by atoms with van der Waals surface area (Å²) in [5, 5.41) is 0. The van der Waals surface area contributed by atoms with Crippen molar-refractivity contribution in [3.8, 4) is 0 Å². The molecule has 0 saturated heterocycles. The summed E-state index contributed by atoms with van der Waals surface area (Å²) in [6, 6.07) is 12.0. The van der Waals surface area contributed by atoms with Crippen LogP contribution in [0, 0.1) is 37.7 Å². The molecule has 0 bridgehead atoms. The summed E-state index contributed by atoms with van der Waals surface area (Å²) in [5.74, 6) is 0. The molecule has 0 aliphatic heterocycles. The van der Waals surface area contributed by atoms with Crippen LogP contribution < -0.4 is 0 Å². The zero-order chi connectivity index (χ0) is 6.24. The maximum atomic E-state index is 2.00. The Labute approximate surface area is 87.3 Å². The number of hydrogen-bond donors (Lipinski definition) is 0.